The van der Waals surface area contributed by atoms with E-state index in [0.717, 1.165) is 0 Å². The average Bonchev–Trinajstić information content (AvgIpc) is 2.76. The Balaban J connectivity index is 2.45. The largest absolute Gasteiger partial charge is 0.370 e. The number of amides is 2. The molecule has 1 N–H and O–H groups in total. The van der Waals surface area contributed by atoms with Crippen LogP contribution in [0, 0.1) is 5.92 Å². The van der Waals surface area contributed by atoms with Crippen LogP contribution in [0.25, 0.3) is 0 Å². The zero-order chi connectivity index (χ0) is 16.0. The first-order valence-electron chi connectivity index (χ1n) is 6.69. The third-order valence-electron chi connectivity index (χ3n) is 3.11. The van der Waals surface area contributed by atoms with Gasteiger partial charge in [-0.25, -0.2) is 4.79 Å². The van der Waals surface area contributed by atoms with Gasteiger partial charge in [-0.15, -0.1) is 5.06 Å². The molecule has 1 aliphatic rings. The zero-order valence-electron chi connectivity index (χ0n) is 12.4. The van der Waals surface area contributed by atoms with Crippen LogP contribution < -0.4 is 5.32 Å². The fourth-order valence-electron chi connectivity index (χ4n) is 1.72. The summed E-state index contributed by atoms with van der Waals surface area (Å²) >= 11 is 0. The number of ether oxygens (including phenoxy) is 1. The number of imide groups is 1. The maximum Gasteiger partial charge on any atom is 0.336 e. The summed E-state index contributed by atoms with van der Waals surface area (Å²) < 4.78 is 4.79. The fourth-order valence-corrected chi connectivity index (χ4v) is 1.72. The van der Waals surface area contributed by atoms with Gasteiger partial charge in [0.25, 0.3) is 11.8 Å². The van der Waals surface area contributed by atoms with Crippen molar-refractivity contribution < 1.29 is 28.8 Å². The molecule has 21 heavy (non-hydrogen) atoms. The molecule has 2 amide bonds. The summed E-state index contributed by atoms with van der Waals surface area (Å²) in [5.74, 6) is -2.78. The summed E-state index contributed by atoms with van der Waals surface area (Å²) in [4.78, 5) is 51.1. The van der Waals surface area contributed by atoms with Crippen molar-refractivity contribution >= 4 is 23.6 Å². The predicted octanol–water partition coefficient (Wildman–Crippen LogP) is -0.229. The van der Waals surface area contributed by atoms with Crippen molar-refractivity contribution in [1.29, 1.82) is 0 Å². The third-order valence-corrected chi connectivity index (χ3v) is 3.11. The molecular formula is C13H20N2O6. The molecule has 1 rings (SSSR count). The molecule has 1 heterocycles. The van der Waals surface area contributed by atoms with Crippen molar-refractivity contribution in [2.24, 2.45) is 5.92 Å². The van der Waals surface area contributed by atoms with Gasteiger partial charge in [-0.1, -0.05) is 6.92 Å². The Morgan fingerprint density at radius 2 is 1.81 bits per heavy atom. The lowest BCUT2D eigenvalue weighted by atomic mass is 10.0. The number of ketones is 1. The smallest absolute Gasteiger partial charge is 0.336 e. The van der Waals surface area contributed by atoms with Crippen LogP contribution >= 0.6 is 0 Å². The second-order valence-electron chi connectivity index (χ2n) is 4.92. The number of hydrogen-bond donors (Lipinski definition) is 1. The molecule has 1 fully saturated rings. The highest BCUT2D eigenvalue weighted by atomic mass is 16.7. The normalized spacial score (nSPS) is 17.8. The number of rotatable bonds is 8. The van der Waals surface area contributed by atoms with Crippen molar-refractivity contribution in [3.05, 3.63) is 0 Å². The molecule has 0 bridgehead atoms. The Morgan fingerprint density at radius 1 is 1.24 bits per heavy atom. The molecule has 0 aliphatic carbocycles. The topological polar surface area (TPSA) is 102 Å². The van der Waals surface area contributed by atoms with Crippen LogP contribution in [0.2, 0.25) is 0 Å². The minimum atomic E-state index is -0.772. The second-order valence-corrected chi connectivity index (χ2v) is 4.92. The van der Waals surface area contributed by atoms with Gasteiger partial charge < -0.3 is 9.57 Å². The number of hydrogen-bond acceptors (Lipinski definition) is 7. The molecule has 1 aliphatic heterocycles. The van der Waals surface area contributed by atoms with Crippen molar-refractivity contribution in [3.63, 3.8) is 0 Å². The summed E-state index contributed by atoms with van der Waals surface area (Å²) in [6, 6.07) is -0.463. The number of carbonyl (C=O) groups is 4. The van der Waals surface area contributed by atoms with Crippen LogP contribution in [0.15, 0.2) is 0 Å². The molecule has 8 nitrogen and oxygen atoms in total. The summed E-state index contributed by atoms with van der Waals surface area (Å²) in [6.07, 6.45) is 0.0295. The second kappa shape index (κ2) is 7.84. The molecule has 0 saturated carbocycles. The first-order valence-corrected chi connectivity index (χ1v) is 6.69. The Labute approximate surface area is 122 Å². The molecule has 118 valence electrons. The zero-order valence-corrected chi connectivity index (χ0v) is 12.4. The van der Waals surface area contributed by atoms with Gasteiger partial charge in [-0.3, -0.25) is 19.7 Å². The van der Waals surface area contributed by atoms with Crippen LogP contribution in [0.4, 0.5) is 0 Å². The van der Waals surface area contributed by atoms with Crippen LogP contribution in [0.5, 0.6) is 0 Å². The van der Waals surface area contributed by atoms with E-state index < -0.39 is 29.7 Å². The van der Waals surface area contributed by atoms with Crippen LogP contribution in [-0.2, 0) is 28.8 Å². The van der Waals surface area contributed by atoms with E-state index in [4.69, 9.17) is 9.57 Å². The number of Topliss-reactive ketones (excluding diaryl/α,β-unsaturated/α-hetero) is 1. The van der Waals surface area contributed by atoms with E-state index in [1.165, 1.54) is 14.0 Å². The van der Waals surface area contributed by atoms with E-state index >= 15 is 0 Å². The van der Waals surface area contributed by atoms with Crippen molar-refractivity contribution in [2.75, 3.05) is 13.8 Å². The lowest BCUT2D eigenvalue weighted by Crippen LogP contribution is -2.38. The number of nitrogens with zero attached hydrogens (tertiary/aromatic N) is 1. The summed E-state index contributed by atoms with van der Waals surface area (Å²) in [7, 11) is 1.49. The Hall–Kier alpha value is -1.80. The highest BCUT2D eigenvalue weighted by molar-refractivity contribution is 6.01. The van der Waals surface area contributed by atoms with Crippen molar-refractivity contribution in [3.8, 4) is 0 Å². The predicted molar refractivity (Wildman–Crippen MR) is 70.4 cm³/mol. The lowest BCUT2D eigenvalue weighted by Gasteiger charge is -2.17. The molecule has 0 spiro atoms. The van der Waals surface area contributed by atoms with Gasteiger partial charge in [-0.2, -0.15) is 0 Å². The first kappa shape index (κ1) is 17.3. The molecule has 8 heteroatoms. The summed E-state index contributed by atoms with van der Waals surface area (Å²) in [5.41, 5.74) is 0. The fraction of sp³-hybridized carbons (Fsp3) is 0.692. The maximum atomic E-state index is 11.9. The Morgan fingerprint density at radius 3 is 2.33 bits per heavy atom. The first-order chi connectivity index (χ1) is 9.86. The number of methoxy groups -OCH3 is 1. The minimum Gasteiger partial charge on any atom is -0.370 e. The Bertz CT molecular complexity index is 420. The van der Waals surface area contributed by atoms with Crippen LogP contribution in [-0.4, -0.2) is 48.5 Å². The van der Waals surface area contributed by atoms with E-state index in [0.29, 0.717) is 5.06 Å². The van der Waals surface area contributed by atoms with Gasteiger partial charge in [0.1, 0.15) is 5.78 Å². The molecule has 1 saturated heterocycles. The lowest BCUT2D eigenvalue weighted by molar-refractivity contribution is -0.200. The maximum absolute atomic E-state index is 11.9. The molecular weight excluding hydrogens is 280 g/mol. The quantitative estimate of drug-likeness (QED) is 0.488. The standard InChI is InChI=1S/C13H20N2O6/c1-8(6-10(16)9(2)14-7-20-3)13(19)21-15-11(17)4-5-12(15)18/h8-9,14H,4-7H2,1-3H3. The number of nitrogens with one attached hydrogen (secondary N) is 1. The molecule has 2 atom stereocenters. The van der Waals surface area contributed by atoms with Gasteiger partial charge in [-0.05, 0) is 6.92 Å². The molecule has 0 aromatic rings. The van der Waals surface area contributed by atoms with Crippen LogP contribution in [0.3, 0.4) is 0 Å². The van der Waals surface area contributed by atoms with E-state index in [-0.39, 0.29) is 31.8 Å². The summed E-state index contributed by atoms with van der Waals surface area (Å²) in [5, 5.41) is 3.30. The van der Waals surface area contributed by atoms with E-state index in [9.17, 15) is 19.2 Å². The van der Waals surface area contributed by atoms with Crippen LogP contribution in [0.1, 0.15) is 33.1 Å². The highest BCUT2D eigenvalue weighted by Crippen LogP contribution is 2.15. The SMILES string of the molecule is COCNC(C)C(=O)CC(C)C(=O)ON1C(=O)CCC1=O. The molecule has 0 aromatic carbocycles. The number of hydroxylamine groups is 2. The summed E-state index contributed by atoms with van der Waals surface area (Å²) in [6.45, 7) is 3.39. The molecule has 0 aromatic heterocycles. The Kier molecular flexibility index (Phi) is 6.44. The van der Waals surface area contributed by atoms with E-state index in [2.05, 4.69) is 5.32 Å². The van der Waals surface area contributed by atoms with Gasteiger partial charge in [0.05, 0.1) is 18.7 Å². The van der Waals surface area contributed by atoms with Crippen molar-refractivity contribution in [1.82, 2.24) is 10.4 Å². The molecule has 0 radical (unpaired) electrons. The average molecular weight is 300 g/mol. The minimum absolute atomic E-state index is 0.0391. The monoisotopic (exact) mass is 300 g/mol. The van der Waals surface area contributed by atoms with Gasteiger partial charge in [0, 0.05) is 26.4 Å². The highest BCUT2D eigenvalue weighted by Gasteiger charge is 2.34. The third kappa shape index (κ3) is 4.91. The van der Waals surface area contributed by atoms with E-state index in [1.807, 2.05) is 0 Å². The van der Waals surface area contributed by atoms with Gasteiger partial charge >= 0.3 is 5.97 Å². The number of carbonyl (C=O) groups excluding carboxylic acids is 4. The van der Waals surface area contributed by atoms with Crippen molar-refractivity contribution in [2.45, 2.75) is 39.2 Å². The van der Waals surface area contributed by atoms with E-state index in [1.54, 1.807) is 6.92 Å². The van der Waals surface area contributed by atoms with Gasteiger partial charge in [0.2, 0.25) is 0 Å². The van der Waals surface area contributed by atoms with Gasteiger partial charge in [0.15, 0.2) is 0 Å². The molecule has 2 unspecified atom stereocenters.